The molecule has 94 valence electrons. The van der Waals surface area contributed by atoms with Gasteiger partial charge in [-0.15, -0.1) is 5.10 Å². The van der Waals surface area contributed by atoms with Crippen LogP contribution < -0.4 is 4.74 Å². The second kappa shape index (κ2) is 4.75. The Morgan fingerprint density at radius 1 is 1.29 bits per heavy atom. The number of rotatable bonds is 2. The first-order valence-electron chi connectivity index (χ1n) is 5.67. The fourth-order valence-electron chi connectivity index (χ4n) is 1.95. The van der Waals surface area contributed by atoms with E-state index in [-0.39, 0.29) is 5.91 Å². The zero-order valence-electron chi connectivity index (χ0n) is 10.5. The second-order valence-electron chi connectivity index (χ2n) is 4.32. The molecule has 0 spiro atoms. The standard InChI is InChI=1S/C11H18N4O2/c1-13-4-6-15(7-5-13)11(16)9-8-14(2)12-10(9)17-3/h8H,4-7H2,1-3H3. The summed E-state index contributed by atoms with van der Waals surface area (Å²) in [6.07, 6.45) is 1.71. The van der Waals surface area contributed by atoms with Crippen LogP contribution in [-0.2, 0) is 7.05 Å². The highest BCUT2D eigenvalue weighted by molar-refractivity contribution is 5.96. The number of likely N-dealkylation sites (N-methyl/N-ethyl adjacent to an activating group) is 1. The van der Waals surface area contributed by atoms with E-state index in [0.717, 1.165) is 26.2 Å². The SMILES string of the molecule is COc1nn(C)cc1C(=O)N1CCN(C)CC1. The minimum absolute atomic E-state index is 0.00282. The second-order valence-corrected chi connectivity index (χ2v) is 4.32. The molecule has 1 aliphatic rings. The van der Waals surface area contributed by atoms with Gasteiger partial charge in [-0.2, -0.15) is 0 Å². The van der Waals surface area contributed by atoms with Crippen LogP contribution in [0, 0.1) is 0 Å². The number of piperazine rings is 1. The summed E-state index contributed by atoms with van der Waals surface area (Å²) < 4.78 is 6.71. The van der Waals surface area contributed by atoms with Gasteiger partial charge in [0.1, 0.15) is 5.56 Å². The monoisotopic (exact) mass is 238 g/mol. The van der Waals surface area contributed by atoms with E-state index < -0.39 is 0 Å². The van der Waals surface area contributed by atoms with E-state index in [1.807, 2.05) is 4.90 Å². The normalized spacial score (nSPS) is 17.2. The summed E-state index contributed by atoms with van der Waals surface area (Å²) in [6, 6.07) is 0. The van der Waals surface area contributed by atoms with Gasteiger partial charge in [-0.25, -0.2) is 0 Å². The van der Waals surface area contributed by atoms with Crippen LogP contribution in [0.5, 0.6) is 5.88 Å². The van der Waals surface area contributed by atoms with Crippen molar-refractivity contribution < 1.29 is 9.53 Å². The Labute approximate surface area is 101 Å². The summed E-state index contributed by atoms with van der Waals surface area (Å²) in [5.74, 6) is 0.402. The lowest BCUT2D eigenvalue weighted by molar-refractivity contribution is 0.0661. The van der Waals surface area contributed by atoms with Crippen LogP contribution in [0.4, 0.5) is 0 Å². The predicted molar refractivity (Wildman–Crippen MR) is 63.2 cm³/mol. The van der Waals surface area contributed by atoms with E-state index in [4.69, 9.17) is 4.74 Å². The lowest BCUT2D eigenvalue weighted by Gasteiger charge is -2.32. The molecular formula is C11H18N4O2. The van der Waals surface area contributed by atoms with Crippen LogP contribution >= 0.6 is 0 Å². The van der Waals surface area contributed by atoms with Gasteiger partial charge in [0.25, 0.3) is 5.91 Å². The lowest BCUT2D eigenvalue weighted by atomic mass is 10.2. The Morgan fingerprint density at radius 3 is 2.53 bits per heavy atom. The number of hydrogen-bond acceptors (Lipinski definition) is 4. The molecule has 1 saturated heterocycles. The van der Waals surface area contributed by atoms with Gasteiger partial charge in [0.05, 0.1) is 7.11 Å². The Morgan fingerprint density at radius 2 is 1.94 bits per heavy atom. The molecule has 1 fully saturated rings. The first-order valence-corrected chi connectivity index (χ1v) is 5.67. The number of ether oxygens (including phenoxy) is 1. The van der Waals surface area contributed by atoms with E-state index in [1.54, 1.807) is 17.9 Å². The minimum Gasteiger partial charge on any atom is -0.479 e. The molecule has 17 heavy (non-hydrogen) atoms. The number of hydrogen-bond donors (Lipinski definition) is 0. The van der Waals surface area contributed by atoms with E-state index in [9.17, 15) is 4.79 Å². The zero-order chi connectivity index (χ0) is 12.4. The zero-order valence-corrected chi connectivity index (χ0v) is 10.5. The molecule has 0 aromatic carbocycles. The molecule has 0 unspecified atom stereocenters. The minimum atomic E-state index is 0.00282. The van der Waals surface area contributed by atoms with E-state index in [2.05, 4.69) is 17.0 Å². The summed E-state index contributed by atoms with van der Waals surface area (Å²) in [5.41, 5.74) is 0.541. The number of carbonyl (C=O) groups is 1. The van der Waals surface area contributed by atoms with Gasteiger partial charge in [-0.05, 0) is 7.05 Å². The highest BCUT2D eigenvalue weighted by atomic mass is 16.5. The fraction of sp³-hybridized carbons (Fsp3) is 0.636. The molecule has 6 nitrogen and oxygen atoms in total. The van der Waals surface area contributed by atoms with Crippen molar-refractivity contribution in [2.75, 3.05) is 40.3 Å². The van der Waals surface area contributed by atoms with Gasteiger partial charge in [0.15, 0.2) is 0 Å². The first kappa shape index (κ1) is 11.9. The number of aromatic nitrogens is 2. The molecule has 1 aromatic rings. The Balaban J connectivity index is 2.13. The van der Waals surface area contributed by atoms with Crippen molar-refractivity contribution in [2.24, 2.45) is 7.05 Å². The van der Waals surface area contributed by atoms with Crippen LogP contribution in [-0.4, -0.2) is 65.8 Å². The Kier molecular flexibility index (Phi) is 3.33. The van der Waals surface area contributed by atoms with Gasteiger partial charge in [-0.3, -0.25) is 9.48 Å². The Hall–Kier alpha value is -1.56. The quantitative estimate of drug-likeness (QED) is 0.717. The summed E-state index contributed by atoms with van der Waals surface area (Å²) >= 11 is 0. The molecule has 0 bridgehead atoms. The van der Waals surface area contributed by atoms with Gasteiger partial charge in [0.2, 0.25) is 5.88 Å². The van der Waals surface area contributed by atoms with Crippen molar-refractivity contribution in [1.82, 2.24) is 19.6 Å². The molecule has 0 aliphatic carbocycles. The third-order valence-electron chi connectivity index (χ3n) is 3.01. The lowest BCUT2D eigenvalue weighted by Crippen LogP contribution is -2.47. The summed E-state index contributed by atoms with van der Waals surface area (Å²) in [5, 5.41) is 4.10. The maximum atomic E-state index is 12.3. The number of amides is 1. The smallest absolute Gasteiger partial charge is 0.261 e. The van der Waals surface area contributed by atoms with Crippen molar-refractivity contribution in [3.05, 3.63) is 11.8 Å². The molecule has 0 saturated carbocycles. The average molecular weight is 238 g/mol. The van der Waals surface area contributed by atoms with Crippen molar-refractivity contribution in [1.29, 1.82) is 0 Å². The summed E-state index contributed by atoms with van der Waals surface area (Å²) in [7, 11) is 5.37. The summed E-state index contributed by atoms with van der Waals surface area (Å²) in [4.78, 5) is 16.3. The molecule has 0 radical (unpaired) electrons. The maximum Gasteiger partial charge on any atom is 0.261 e. The van der Waals surface area contributed by atoms with Crippen LogP contribution in [0.3, 0.4) is 0 Å². The number of carbonyl (C=O) groups excluding carboxylic acids is 1. The fourth-order valence-corrected chi connectivity index (χ4v) is 1.95. The average Bonchev–Trinajstić information content (AvgIpc) is 2.70. The van der Waals surface area contributed by atoms with Gasteiger partial charge >= 0.3 is 0 Å². The van der Waals surface area contributed by atoms with Gasteiger partial charge < -0.3 is 14.5 Å². The third kappa shape index (κ3) is 2.41. The molecule has 1 aliphatic heterocycles. The van der Waals surface area contributed by atoms with Crippen molar-refractivity contribution in [2.45, 2.75) is 0 Å². The van der Waals surface area contributed by atoms with Crippen molar-refractivity contribution >= 4 is 5.91 Å². The van der Waals surface area contributed by atoms with Crippen LogP contribution in [0.25, 0.3) is 0 Å². The summed E-state index contributed by atoms with van der Waals surface area (Å²) in [6.45, 7) is 3.34. The molecule has 2 rings (SSSR count). The van der Waals surface area contributed by atoms with E-state index >= 15 is 0 Å². The van der Waals surface area contributed by atoms with Crippen LogP contribution in [0.15, 0.2) is 6.20 Å². The number of methoxy groups -OCH3 is 1. The van der Waals surface area contributed by atoms with Crippen molar-refractivity contribution in [3.8, 4) is 5.88 Å². The molecule has 6 heteroatoms. The molecule has 0 N–H and O–H groups in total. The van der Waals surface area contributed by atoms with Gasteiger partial charge in [0, 0.05) is 39.4 Å². The molecule has 0 atom stereocenters. The van der Waals surface area contributed by atoms with Crippen LogP contribution in [0.2, 0.25) is 0 Å². The molecule has 1 aromatic heterocycles. The molecule has 2 heterocycles. The molecule has 1 amide bonds. The predicted octanol–water partition coefficient (Wildman–Crippen LogP) is -0.184. The number of nitrogens with zero attached hydrogens (tertiary/aromatic N) is 4. The maximum absolute atomic E-state index is 12.3. The highest BCUT2D eigenvalue weighted by Gasteiger charge is 2.24. The van der Waals surface area contributed by atoms with E-state index in [0.29, 0.717) is 11.4 Å². The number of aryl methyl sites for hydroxylation is 1. The highest BCUT2D eigenvalue weighted by Crippen LogP contribution is 2.17. The van der Waals surface area contributed by atoms with Crippen LogP contribution in [0.1, 0.15) is 10.4 Å². The van der Waals surface area contributed by atoms with E-state index in [1.165, 1.54) is 7.11 Å². The largest absolute Gasteiger partial charge is 0.479 e. The first-order chi connectivity index (χ1) is 8.11. The Bertz CT molecular complexity index is 408. The van der Waals surface area contributed by atoms with Crippen molar-refractivity contribution in [3.63, 3.8) is 0 Å². The van der Waals surface area contributed by atoms with Gasteiger partial charge in [-0.1, -0.05) is 0 Å². The third-order valence-corrected chi connectivity index (χ3v) is 3.01. The molecular weight excluding hydrogens is 220 g/mol. The topological polar surface area (TPSA) is 50.6 Å².